The van der Waals surface area contributed by atoms with Crippen LogP contribution < -0.4 is 5.32 Å². The summed E-state index contributed by atoms with van der Waals surface area (Å²) in [4.78, 5) is 12.2. The van der Waals surface area contributed by atoms with E-state index in [0.717, 1.165) is 6.07 Å². The van der Waals surface area contributed by atoms with Crippen molar-refractivity contribution < 1.29 is 9.18 Å². The van der Waals surface area contributed by atoms with Crippen LogP contribution in [0.15, 0.2) is 48.5 Å². The van der Waals surface area contributed by atoms with Gasteiger partial charge in [-0.15, -0.1) is 0 Å². The first-order valence-electron chi connectivity index (χ1n) is 6.61. The van der Waals surface area contributed by atoms with Gasteiger partial charge in [0.1, 0.15) is 11.5 Å². The summed E-state index contributed by atoms with van der Waals surface area (Å²) in [6.07, 6.45) is 0. The number of aromatic nitrogens is 2. The van der Waals surface area contributed by atoms with Crippen molar-refractivity contribution in [2.75, 3.05) is 5.32 Å². The number of hydrogen-bond acceptors (Lipinski definition) is 2. The lowest BCUT2D eigenvalue weighted by atomic mass is 10.1. The van der Waals surface area contributed by atoms with E-state index in [1.54, 1.807) is 18.2 Å². The van der Waals surface area contributed by atoms with E-state index in [0.29, 0.717) is 22.0 Å². The molecule has 1 heterocycles. The van der Waals surface area contributed by atoms with Crippen molar-refractivity contribution >= 4 is 34.8 Å². The summed E-state index contributed by atoms with van der Waals surface area (Å²) in [6, 6.07) is 12.5. The molecule has 0 unspecified atom stereocenters. The predicted molar refractivity (Wildman–Crippen MR) is 88.4 cm³/mol. The number of nitrogens with zero attached hydrogens (tertiary/aromatic N) is 1. The minimum Gasteiger partial charge on any atom is -0.319 e. The van der Waals surface area contributed by atoms with Crippen molar-refractivity contribution in [1.82, 2.24) is 10.2 Å². The Kier molecular flexibility index (Phi) is 4.32. The number of rotatable bonds is 3. The van der Waals surface area contributed by atoms with Crippen molar-refractivity contribution in [3.63, 3.8) is 0 Å². The van der Waals surface area contributed by atoms with E-state index in [4.69, 9.17) is 23.2 Å². The van der Waals surface area contributed by atoms with E-state index in [9.17, 15) is 9.18 Å². The number of carbonyl (C=O) groups is 1. The Labute approximate surface area is 141 Å². The molecule has 3 rings (SSSR count). The van der Waals surface area contributed by atoms with Gasteiger partial charge in [-0.3, -0.25) is 9.89 Å². The number of H-pyrrole nitrogens is 1. The SMILES string of the molecule is O=C(Nc1ccc(F)cc1Cl)c1cc(-c2ccccc2Cl)n[nH]1. The third-order valence-corrected chi connectivity index (χ3v) is 3.79. The molecule has 1 aromatic heterocycles. The topological polar surface area (TPSA) is 57.8 Å². The molecule has 0 aliphatic carbocycles. The van der Waals surface area contributed by atoms with Gasteiger partial charge in [-0.05, 0) is 30.3 Å². The molecule has 0 aliphatic rings. The molecule has 0 radical (unpaired) electrons. The lowest BCUT2D eigenvalue weighted by Crippen LogP contribution is -2.12. The molecule has 0 saturated heterocycles. The zero-order valence-electron chi connectivity index (χ0n) is 11.6. The summed E-state index contributed by atoms with van der Waals surface area (Å²) in [5, 5.41) is 9.97. The van der Waals surface area contributed by atoms with Gasteiger partial charge < -0.3 is 5.32 Å². The van der Waals surface area contributed by atoms with Gasteiger partial charge in [0.05, 0.1) is 21.4 Å². The maximum Gasteiger partial charge on any atom is 0.273 e. The fourth-order valence-electron chi connectivity index (χ4n) is 2.03. The fraction of sp³-hybridized carbons (Fsp3) is 0. The van der Waals surface area contributed by atoms with Gasteiger partial charge in [-0.1, -0.05) is 41.4 Å². The Bertz CT molecular complexity index is 879. The first-order valence-corrected chi connectivity index (χ1v) is 7.37. The fourth-order valence-corrected chi connectivity index (χ4v) is 2.47. The first kappa shape index (κ1) is 15.5. The van der Waals surface area contributed by atoms with Crippen LogP contribution in [0.2, 0.25) is 10.0 Å². The van der Waals surface area contributed by atoms with Crippen molar-refractivity contribution in [3.8, 4) is 11.3 Å². The molecular formula is C16H10Cl2FN3O. The third-order valence-electron chi connectivity index (χ3n) is 3.15. The van der Waals surface area contributed by atoms with Crippen LogP contribution in [-0.4, -0.2) is 16.1 Å². The summed E-state index contributed by atoms with van der Waals surface area (Å²) in [5.41, 5.74) is 1.81. The number of carbonyl (C=O) groups excluding carboxylic acids is 1. The highest BCUT2D eigenvalue weighted by molar-refractivity contribution is 6.34. The van der Waals surface area contributed by atoms with Gasteiger partial charge in [-0.25, -0.2) is 4.39 Å². The second kappa shape index (κ2) is 6.40. The number of nitrogens with one attached hydrogen (secondary N) is 2. The maximum atomic E-state index is 13.0. The Morgan fingerprint density at radius 3 is 2.61 bits per heavy atom. The van der Waals surface area contributed by atoms with Gasteiger partial charge in [0.2, 0.25) is 0 Å². The minimum absolute atomic E-state index is 0.115. The van der Waals surface area contributed by atoms with Crippen LogP contribution in [0.5, 0.6) is 0 Å². The van der Waals surface area contributed by atoms with E-state index in [2.05, 4.69) is 15.5 Å². The van der Waals surface area contributed by atoms with Crippen LogP contribution in [0, 0.1) is 5.82 Å². The summed E-state index contributed by atoms with van der Waals surface area (Å²) in [7, 11) is 0. The molecule has 7 heteroatoms. The average molecular weight is 350 g/mol. The Morgan fingerprint density at radius 1 is 1.09 bits per heavy atom. The van der Waals surface area contributed by atoms with E-state index in [-0.39, 0.29) is 10.7 Å². The highest BCUT2D eigenvalue weighted by Gasteiger charge is 2.14. The van der Waals surface area contributed by atoms with E-state index in [1.807, 2.05) is 12.1 Å². The standard InChI is InChI=1S/C16H10Cl2FN3O/c17-11-4-2-1-3-10(11)14-8-15(22-21-14)16(23)20-13-6-5-9(19)7-12(13)18/h1-8H,(H,20,23)(H,21,22). The molecule has 1 amide bonds. The molecule has 0 saturated carbocycles. The molecule has 2 aromatic carbocycles. The second-order valence-corrected chi connectivity index (χ2v) is 5.54. The number of amides is 1. The molecule has 2 N–H and O–H groups in total. The normalized spacial score (nSPS) is 10.6. The molecular weight excluding hydrogens is 340 g/mol. The first-order chi connectivity index (χ1) is 11.0. The van der Waals surface area contributed by atoms with Crippen LogP contribution >= 0.6 is 23.2 Å². The monoisotopic (exact) mass is 349 g/mol. The second-order valence-electron chi connectivity index (χ2n) is 4.72. The number of anilines is 1. The number of aromatic amines is 1. The summed E-state index contributed by atoms with van der Waals surface area (Å²) < 4.78 is 13.0. The number of benzene rings is 2. The van der Waals surface area contributed by atoms with Crippen molar-refractivity contribution in [2.45, 2.75) is 0 Å². The van der Waals surface area contributed by atoms with Crippen LogP contribution in [0.3, 0.4) is 0 Å². The van der Waals surface area contributed by atoms with Crippen LogP contribution in [0.25, 0.3) is 11.3 Å². The predicted octanol–water partition coefficient (Wildman–Crippen LogP) is 4.77. The third kappa shape index (κ3) is 3.36. The van der Waals surface area contributed by atoms with Gasteiger partial charge in [-0.2, -0.15) is 5.10 Å². The molecule has 0 aliphatic heterocycles. The lowest BCUT2D eigenvalue weighted by Gasteiger charge is -2.05. The Hall–Kier alpha value is -2.37. The van der Waals surface area contributed by atoms with Crippen molar-refractivity contribution in [2.24, 2.45) is 0 Å². The molecule has 23 heavy (non-hydrogen) atoms. The van der Waals surface area contributed by atoms with E-state index >= 15 is 0 Å². The van der Waals surface area contributed by atoms with E-state index in [1.165, 1.54) is 12.1 Å². The summed E-state index contributed by atoms with van der Waals surface area (Å²) in [5.74, 6) is -0.917. The van der Waals surface area contributed by atoms with Crippen LogP contribution in [0.1, 0.15) is 10.5 Å². The van der Waals surface area contributed by atoms with Crippen molar-refractivity contribution in [3.05, 3.63) is 70.1 Å². The quantitative estimate of drug-likeness (QED) is 0.715. The minimum atomic E-state index is -0.476. The van der Waals surface area contributed by atoms with Crippen LogP contribution in [0.4, 0.5) is 10.1 Å². The molecule has 116 valence electrons. The molecule has 4 nitrogen and oxygen atoms in total. The highest BCUT2D eigenvalue weighted by Crippen LogP contribution is 2.27. The zero-order valence-corrected chi connectivity index (χ0v) is 13.1. The molecule has 0 fully saturated rings. The lowest BCUT2D eigenvalue weighted by molar-refractivity contribution is 0.102. The average Bonchev–Trinajstić information content (AvgIpc) is 3.00. The Balaban J connectivity index is 1.83. The summed E-state index contributed by atoms with van der Waals surface area (Å²) in [6.45, 7) is 0. The van der Waals surface area contributed by atoms with Gasteiger partial charge in [0.15, 0.2) is 0 Å². The van der Waals surface area contributed by atoms with Gasteiger partial charge in [0, 0.05) is 5.56 Å². The zero-order chi connectivity index (χ0) is 16.4. The number of hydrogen-bond donors (Lipinski definition) is 2. The Morgan fingerprint density at radius 2 is 1.87 bits per heavy atom. The molecule has 0 bridgehead atoms. The number of halogens is 3. The van der Waals surface area contributed by atoms with Crippen molar-refractivity contribution in [1.29, 1.82) is 0 Å². The van der Waals surface area contributed by atoms with Crippen LogP contribution in [-0.2, 0) is 0 Å². The van der Waals surface area contributed by atoms with Gasteiger partial charge >= 0.3 is 0 Å². The summed E-state index contributed by atoms with van der Waals surface area (Å²) >= 11 is 12.0. The molecule has 0 spiro atoms. The van der Waals surface area contributed by atoms with Gasteiger partial charge in [0.25, 0.3) is 5.91 Å². The smallest absolute Gasteiger partial charge is 0.273 e. The molecule has 0 atom stereocenters. The van der Waals surface area contributed by atoms with E-state index < -0.39 is 11.7 Å². The maximum absolute atomic E-state index is 13.0. The largest absolute Gasteiger partial charge is 0.319 e. The molecule has 3 aromatic rings. The highest BCUT2D eigenvalue weighted by atomic mass is 35.5.